The van der Waals surface area contributed by atoms with Gasteiger partial charge in [-0.1, -0.05) is 43.2 Å². The van der Waals surface area contributed by atoms with Crippen LogP contribution in [0.25, 0.3) is 0 Å². The maximum absolute atomic E-state index is 13.1. The zero-order chi connectivity index (χ0) is 18.5. The summed E-state index contributed by atoms with van der Waals surface area (Å²) in [5.41, 5.74) is 1.66. The van der Waals surface area contributed by atoms with Gasteiger partial charge in [0.15, 0.2) is 0 Å². The van der Waals surface area contributed by atoms with Gasteiger partial charge in [0.1, 0.15) is 0 Å². The highest BCUT2D eigenvalue weighted by atomic mass is 16.2. The summed E-state index contributed by atoms with van der Waals surface area (Å²) >= 11 is 0. The lowest BCUT2D eigenvalue weighted by atomic mass is 9.77. The number of carbonyl (C=O) groups is 1. The molecule has 1 unspecified atom stereocenters. The van der Waals surface area contributed by atoms with Crippen LogP contribution in [-0.2, 0) is 11.2 Å². The number of piperazine rings is 1. The van der Waals surface area contributed by atoms with Crippen LogP contribution in [0.2, 0.25) is 0 Å². The fourth-order valence-electron chi connectivity index (χ4n) is 5.44. The number of benzene rings is 1. The summed E-state index contributed by atoms with van der Waals surface area (Å²) in [6.45, 7) is 6.36. The lowest BCUT2D eigenvalue weighted by Crippen LogP contribution is -2.49. The van der Waals surface area contributed by atoms with Crippen LogP contribution in [0.3, 0.4) is 0 Å². The molecule has 148 valence electrons. The Morgan fingerprint density at radius 1 is 1.07 bits per heavy atom. The van der Waals surface area contributed by atoms with Crippen LogP contribution in [0.5, 0.6) is 0 Å². The second kappa shape index (κ2) is 8.74. The van der Waals surface area contributed by atoms with Gasteiger partial charge in [-0.25, -0.2) is 0 Å². The lowest BCUT2D eigenvalue weighted by molar-refractivity contribution is -0.133. The number of amides is 1. The normalized spacial score (nSPS) is 25.8. The quantitative estimate of drug-likeness (QED) is 0.837. The number of likely N-dealkylation sites (tertiary alicyclic amines) is 1. The van der Waals surface area contributed by atoms with Gasteiger partial charge in [-0.3, -0.25) is 9.69 Å². The molecule has 1 saturated carbocycles. The number of nitrogens with zero attached hydrogens (tertiary/aromatic N) is 2. The van der Waals surface area contributed by atoms with Crippen molar-refractivity contribution in [2.75, 3.05) is 39.3 Å². The van der Waals surface area contributed by atoms with Gasteiger partial charge < -0.3 is 10.2 Å². The Morgan fingerprint density at radius 3 is 2.56 bits per heavy atom. The number of aryl methyl sites for hydroxylation is 1. The molecular weight excluding hydrogens is 334 g/mol. The average Bonchev–Trinajstić information content (AvgIpc) is 3.38. The van der Waals surface area contributed by atoms with Gasteiger partial charge in [-0.15, -0.1) is 0 Å². The van der Waals surface area contributed by atoms with Crippen LogP contribution in [0, 0.1) is 5.41 Å². The van der Waals surface area contributed by atoms with E-state index in [1.54, 1.807) is 0 Å². The van der Waals surface area contributed by atoms with Gasteiger partial charge in [0.05, 0.1) is 0 Å². The third kappa shape index (κ3) is 4.72. The SMILES string of the molecule is O=C(CC1(CCc2ccccc2)CCCC1)N1CCC(N2CCNCC2)C1. The number of nitrogens with one attached hydrogen (secondary N) is 1. The molecule has 2 heterocycles. The molecule has 1 atom stereocenters. The Morgan fingerprint density at radius 2 is 1.81 bits per heavy atom. The van der Waals surface area contributed by atoms with E-state index in [2.05, 4.69) is 45.4 Å². The van der Waals surface area contributed by atoms with Gasteiger partial charge in [0.25, 0.3) is 0 Å². The number of hydrogen-bond donors (Lipinski definition) is 1. The average molecular weight is 370 g/mol. The standard InChI is InChI=1S/C23H35N3O/c27-22(26-15-9-21(19-26)25-16-13-24-14-17-25)18-23(10-4-5-11-23)12-8-20-6-2-1-3-7-20/h1-3,6-7,21,24H,4-5,8-19H2. The van der Waals surface area contributed by atoms with Crippen molar-refractivity contribution in [1.82, 2.24) is 15.1 Å². The molecule has 1 aromatic rings. The third-order valence-corrected chi connectivity index (χ3v) is 7.16. The van der Waals surface area contributed by atoms with Crippen LogP contribution in [0.15, 0.2) is 30.3 Å². The topological polar surface area (TPSA) is 35.6 Å². The van der Waals surface area contributed by atoms with E-state index in [1.165, 1.54) is 31.2 Å². The molecule has 1 aliphatic carbocycles. The molecule has 27 heavy (non-hydrogen) atoms. The van der Waals surface area contributed by atoms with Gasteiger partial charge in [-0.05, 0) is 43.1 Å². The van der Waals surface area contributed by atoms with Gasteiger partial charge in [0.2, 0.25) is 5.91 Å². The Balaban J connectivity index is 1.32. The number of carbonyl (C=O) groups excluding carboxylic acids is 1. The van der Waals surface area contributed by atoms with E-state index in [-0.39, 0.29) is 5.41 Å². The molecular formula is C23H35N3O. The predicted octanol–water partition coefficient (Wildman–Crippen LogP) is 3.08. The molecule has 3 fully saturated rings. The molecule has 3 aliphatic rings. The summed E-state index contributed by atoms with van der Waals surface area (Å²) in [5, 5.41) is 3.43. The number of hydrogen-bond acceptors (Lipinski definition) is 3. The summed E-state index contributed by atoms with van der Waals surface area (Å²) in [7, 11) is 0. The van der Waals surface area contributed by atoms with Crippen LogP contribution in [-0.4, -0.2) is 61.0 Å². The highest BCUT2D eigenvalue weighted by molar-refractivity contribution is 5.77. The minimum absolute atomic E-state index is 0.250. The lowest BCUT2D eigenvalue weighted by Gasteiger charge is -2.33. The maximum Gasteiger partial charge on any atom is 0.223 e. The van der Waals surface area contributed by atoms with Gasteiger partial charge in [0, 0.05) is 51.7 Å². The van der Waals surface area contributed by atoms with Crippen molar-refractivity contribution in [3.8, 4) is 0 Å². The molecule has 0 spiro atoms. The predicted molar refractivity (Wildman–Crippen MR) is 110 cm³/mol. The molecule has 0 radical (unpaired) electrons. The Hall–Kier alpha value is -1.39. The summed E-state index contributed by atoms with van der Waals surface area (Å²) in [4.78, 5) is 17.9. The van der Waals surface area contributed by atoms with Crippen LogP contribution >= 0.6 is 0 Å². The van der Waals surface area contributed by atoms with E-state index < -0.39 is 0 Å². The minimum atomic E-state index is 0.250. The molecule has 4 nitrogen and oxygen atoms in total. The van der Waals surface area contributed by atoms with Crippen LogP contribution < -0.4 is 5.32 Å². The molecule has 2 saturated heterocycles. The molecule has 1 amide bonds. The fourth-order valence-corrected chi connectivity index (χ4v) is 5.44. The van der Waals surface area contributed by atoms with Crippen molar-refractivity contribution in [3.63, 3.8) is 0 Å². The van der Waals surface area contributed by atoms with Crippen molar-refractivity contribution in [1.29, 1.82) is 0 Å². The van der Waals surface area contributed by atoms with E-state index in [1.807, 2.05) is 0 Å². The monoisotopic (exact) mass is 369 g/mol. The summed E-state index contributed by atoms with van der Waals surface area (Å²) in [5.74, 6) is 0.419. The zero-order valence-electron chi connectivity index (χ0n) is 16.7. The highest BCUT2D eigenvalue weighted by Crippen LogP contribution is 2.45. The summed E-state index contributed by atoms with van der Waals surface area (Å²) < 4.78 is 0. The second-order valence-electron chi connectivity index (χ2n) is 8.94. The van der Waals surface area contributed by atoms with Crippen molar-refractivity contribution in [2.24, 2.45) is 5.41 Å². The Bertz CT molecular complexity index is 605. The van der Waals surface area contributed by atoms with Crippen LogP contribution in [0.4, 0.5) is 0 Å². The first-order chi connectivity index (χ1) is 13.2. The maximum atomic E-state index is 13.1. The fraction of sp³-hybridized carbons (Fsp3) is 0.696. The van der Waals surface area contributed by atoms with Crippen molar-refractivity contribution in [3.05, 3.63) is 35.9 Å². The minimum Gasteiger partial charge on any atom is -0.341 e. The number of rotatable bonds is 6. The Kier molecular flexibility index (Phi) is 6.14. The third-order valence-electron chi connectivity index (χ3n) is 7.16. The highest BCUT2D eigenvalue weighted by Gasteiger charge is 2.38. The summed E-state index contributed by atoms with van der Waals surface area (Å²) in [6, 6.07) is 11.4. The molecule has 1 aromatic carbocycles. The van der Waals surface area contributed by atoms with E-state index in [0.717, 1.165) is 65.0 Å². The second-order valence-corrected chi connectivity index (χ2v) is 8.94. The first kappa shape index (κ1) is 18.9. The largest absolute Gasteiger partial charge is 0.341 e. The molecule has 0 aromatic heterocycles. The molecule has 4 rings (SSSR count). The smallest absolute Gasteiger partial charge is 0.223 e. The van der Waals surface area contributed by atoms with E-state index >= 15 is 0 Å². The van der Waals surface area contributed by atoms with Crippen molar-refractivity contribution < 1.29 is 4.79 Å². The van der Waals surface area contributed by atoms with Gasteiger partial charge in [-0.2, -0.15) is 0 Å². The first-order valence-corrected chi connectivity index (χ1v) is 11.0. The van der Waals surface area contributed by atoms with Crippen LogP contribution in [0.1, 0.15) is 50.5 Å². The molecule has 0 bridgehead atoms. The van der Waals surface area contributed by atoms with Crippen molar-refractivity contribution in [2.45, 2.75) is 57.4 Å². The van der Waals surface area contributed by atoms with E-state index in [9.17, 15) is 4.79 Å². The zero-order valence-corrected chi connectivity index (χ0v) is 16.7. The molecule has 2 aliphatic heterocycles. The van der Waals surface area contributed by atoms with Gasteiger partial charge >= 0.3 is 0 Å². The first-order valence-electron chi connectivity index (χ1n) is 11.0. The molecule has 1 N–H and O–H groups in total. The van der Waals surface area contributed by atoms with E-state index in [4.69, 9.17) is 0 Å². The summed E-state index contributed by atoms with van der Waals surface area (Å²) in [6.07, 6.45) is 9.27. The van der Waals surface area contributed by atoms with Crippen molar-refractivity contribution >= 4 is 5.91 Å². The molecule has 4 heteroatoms. The van der Waals surface area contributed by atoms with E-state index in [0.29, 0.717) is 11.9 Å². The Labute approximate surface area is 164 Å².